The highest BCUT2D eigenvalue weighted by Gasteiger charge is 2.21. The standard InChI is InChI=1S/C23H25N7/c1-17-8-10-18(11-9-17)25-21-20-16-24-28(2)22(20)27-23(26-21)30-14-12-29(13-15-30)19-6-4-3-5-7-19/h3-11,16H,12-15H2,1-2H3,(H,25,26,27). The molecule has 0 aliphatic carbocycles. The van der Waals surface area contributed by atoms with Gasteiger partial charge >= 0.3 is 0 Å². The first kappa shape index (κ1) is 18.4. The molecule has 7 heteroatoms. The lowest BCUT2D eigenvalue weighted by Gasteiger charge is -2.36. The maximum absolute atomic E-state index is 4.89. The van der Waals surface area contributed by atoms with Gasteiger partial charge in [-0.05, 0) is 31.2 Å². The number of aromatic nitrogens is 4. The zero-order chi connectivity index (χ0) is 20.5. The average molecular weight is 400 g/mol. The van der Waals surface area contributed by atoms with Crippen LogP contribution < -0.4 is 15.1 Å². The van der Waals surface area contributed by atoms with Gasteiger partial charge in [0.05, 0.1) is 11.6 Å². The summed E-state index contributed by atoms with van der Waals surface area (Å²) < 4.78 is 1.81. The summed E-state index contributed by atoms with van der Waals surface area (Å²) in [4.78, 5) is 14.4. The van der Waals surface area contributed by atoms with Gasteiger partial charge < -0.3 is 15.1 Å². The number of aryl methyl sites for hydroxylation is 2. The third-order valence-corrected chi connectivity index (χ3v) is 5.58. The van der Waals surface area contributed by atoms with Crippen LogP contribution in [0.15, 0.2) is 60.8 Å². The van der Waals surface area contributed by atoms with Gasteiger partial charge in [-0.15, -0.1) is 0 Å². The van der Waals surface area contributed by atoms with Crippen LogP contribution in [0, 0.1) is 6.92 Å². The molecule has 1 aliphatic heterocycles. The van der Waals surface area contributed by atoms with Crippen LogP contribution in [0.3, 0.4) is 0 Å². The van der Waals surface area contributed by atoms with Crippen molar-refractivity contribution in [3.05, 3.63) is 66.4 Å². The van der Waals surface area contributed by atoms with E-state index in [-0.39, 0.29) is 0 Å². The van der Waals surface area contributed by atoms with E-state index in [1.165, 1.54) is 11.3 Å². The highest BCUT2D eigenvalue weighted by molar-refractivity contribution is 5.89. The van der Waals surface area contributed by atoms with Crippen molar-refractivity contribution >= 4 is 34.2 Å². The van der Waals surface area contributed by atoms with Crippen LogP contribution in [-0.4, -0.2) is 45.9 Å². The molecular formula is C23H25N7. The molecule has 0 unspecified atom stereocenters. The maximum Gasteiger partial charge on any atom is 0.229 e. The van der Waals surface area contributed by atoms with Gasteiger partial charge in [-0.25, -0.2) is 0 Å². The molecule has 2 aromatic heterocycles. The van der Waals surface area contributed by atoms with E-state index in [1.54, 1.807) is 4.68 Å². The van der Waals surface area contributed by atoms with E-state index >= 15 is 0 Å². The summed E-state index contributed by atoms with van der Waals surface area (Å²) in [6.07, 6.45) is 1.82. The Morgan fingerprint density at radius 2 is 1.53 bits per heavy atom. The Morgan fingerprint density at radius 3 is 2.27 bits per heavy atom. The van der Waals surface area contributed by atoms with Crippen LogP contribution >= 0.6 is 0 Å². The van der Waals surface area contributed by atoms with Crippen molar-refractivity contribution in [3.63, 3.8) is 0 Å². The van der Waals surface area contributed by atoms with Gasteiger partial charge in [0.15, 0.2) is 5.65 Å². The fraction of sp³-hybridized carbons (Fsp3) is 0.261. The lowest BCUT2D eigenvalue weighted by atomic mass is 10.2. The lowest BCUT2D eigenvalue weighted by Crippen LogP contribution is -2.47. The Morgan fingerprint density at radius 1 is 0.833 bits per heavy atom. The van der Waals surface area contributed by atoms with Crippen LogP contribution in [0.1, 0.15) is 5.56 Å². The first-order valence-electron chi connectivity index (χ1n) is 10.3. The number of anilines is 4. The Bertz CT molecular complexity index is 1140. The molecule has 0 atom stereocenters. The summed E-state index contributed by atoms with van der Waals surface area (Å²) in [6.45, 7) is 5.72. The molecule has 1 N–H and O–H groups in total. The van der Waals surface area contributed by atoms with Gasteiger partial charge in [0.1, 0.15) is 5.82 Å². The maximum atomic E-state index is 4.89. The van der Waals surface area contributed by atoms with Crippen molar-refractivity contribution in [1.29, 1.82) is 0 Å². The van der Waals surface area contributed by atoms with Crippen LogP contribution in [-0.2, 0) is 7.05 Å². The SMILES string of the molecule is Cc1ccc(Nc2nc(N3CCN(c4ccccc4)CC3)nc3c2cnn3C)cc1. The summed E-state index contributed by atoms with van der Waals surface area (Å²) in [5.74, 6) is 1.53. The number of piperazine rings is 1. The number of para-hydroxylation sites is 1. The first-order chi connectivity index (χ1) is 14.7. The Labute approximate surface area is 176 Å². The second-order valence-corrected chi connectivity index (χ2v) is 7.68. The number of rotatable bonds is 4. The Kier molecular flexibility index (Phi) is 4.71. The van der Waals surface area contributed by atoms with Gasteiger partial charge in [-0.3, -0.25) is 4.68 Å². The summed E-state index contributed by atoms with van der Waals surface area (Å²) in [5.41, 5.74) is 4.33. The molecule has 2 aromatic carbocycles. The summed E-state index contributed by atoms with van der Waals surface area (Å²) in [7, 11) is 1.92. The van der Waals surface area contributed by atoms with E-state index in [2.05, 4.69) is 81.7 Å². The fourth-order valence-electron chi connectivity index (χ4n) is 3.82. The van der Waals surface area contributed by atoms with Crippen LogP contribution in [0.5, 0.6) is 0 Å². The quantitative estimate of drug-likeness (QED) is 0.564. The Hall–Kier alpha value is -3.61. The van der Waals surface area contributed by atoms with E-state index in [9.17, 15) is 0 Å². The molecule has 5 rings (SSSR count). The number of nitrogens with one attached hydrogen (secondary N) is 1. The van der Waals surface area contributed by atoms with Crippen molar-refractivity contribution in [2.24, 2.45) is 7.05 Å². The van der Waals surface area contributed by atoms with E-state index < -0.39 is 0 Å². The number of nitrogens with zero attached hydrogens (tertiary/aromatic N) is 6. The zero-order valence-electron chi connectivity index (χ0n) is 17.3. The zero-order valence-corrected chi connectivity index (χ0v) is 17.3. The minimum atomic E-state index is 0.744. The summed E-state index contributed by atoms with van der Waals surface area (Å²) in [5, 5.41) is 8.78. The lowest BCUT2D eigenvalue weighted by molar-refractivity contribution is 0.640. The molecule has 30 heavy (non-hydrogen) atoms. The molecule has 0 amide bonds. The normalized spacial score (nSPS) is 14.3. The van der Waals surface area contributed by atoms with E-state index in [0.29, 0.717) is 0 Å². The molecule has 0 spiro atoms. The highest BCUT2D eigenvalue weighted by atomic mass is 15.4. The second kappa shape index (κ2) is 7.67. The molecule has 0 bridgehead atoms. The third kappa shape index (κ3) is 3.54. The van der Waals surface area contributed by atoms with Crippen LogP contribution in [0.25, 0.3) is 11.0 Å². The predicted molar refractivity (Wildman–Crippen MR) is 122 cm³/mol. The number of hydrogen-bond acceptors (Lipinski definition) is 6. The van der Waals surface area contributed by atoms with Gasteiger partial charge in [0.25, 0.3) is 0 Å². The van der Waals surface area contributed by atoms with Crippen molar-refractivity contribution in [3.8, 4) is 0 Å². The van der Waals surface area contributed by atoms with Crippen molar-refractivity contribution < 1.29 is 0 Å². The van der Waals surface area contributed by atoms with Crippen molar-refractivity contribution in [2.75, 3.05) is 41.3 Å². The summed E-state index contributed by atoms with van der Waals surface area (Å²) >= 11 is 0. The molecule has 3 heterocycles. The van der Waals surface area contributed by atoms with Gasteiger partial charge in [0.2, 0.25) is 5.95 Å². The van der Waals surface area contributed by atoms with E-state index in [4.69, 9.17) is 9.97 Å². The van der Waals surface area contributed by atoms with E-state index in [1.807, 2.05) is 13.2 Å². The second-order valence-electron chi connectivity index (χ2n) is 7.68. The van der Waals surface area contributed by atoms with Crippen LogP contribution in [0.2, 0.25) is 0 Å². The van der Waals surface area contributed by atoms with Crippen molar-refractivity contribution in [2.45, 2.75) is 6.92 Å². The molecule has 1 fully saturated rings. The fourth-order valence-corrected chi connectivity index (χ4v) is 3.82. The summed E-state index contributed by atoms with van der Waals surface area (Å²) in [6, 6.07) is 18.9. The average Bonchev–Trinajstić information content (AvgIpc) is 3.17. The minimum Gasteiger partial charge on any atom is -0.368 e. The molecule has 0 radical (unpaired) electrons. The topological polar surface area (TPSA) is 62.1 Å². The smallest absolute Gasteiger partial charge is 0.229 e. The van der Waals surface area contributed by atoms with Gasteiger partial charge in [-0.2, -0.15) is 15.1 Å². The molecule has 0 saturated carbocycles. The van der Waals surface area contributed by atoms with Crippen LogP contribution in [0.4, 0.5) is 23.1 Å². The number of benzene rings is 2. The molecule has 4 aromatic rings. The predicted octanol–water partition coefficient (Wildman–Crippen LogP) is 3.74. The number of fused-ring (bicyclic) bond motifs is 1. The van der Waals surface area contributed by atoms with Gasteiger partial charge in [0, 0.05) is 44.6 Å². The van der Waals surface area contributed by atoms with Crippen molar-refractivity contribution in [1.82, 2.24) is 19.7 Å². The highest BCUT2D eigenvalue weighted by Crippen LogP contribution is 2.27. The van der Waals surface area contributed by atoms with E-state index in [0.717, 1.165) is 54.7 Å². The van der Waals surface area contributed by atoms with Gasteiger partial charge in [-0.1, -0.05) is 35.9 Å². The molecular weight excluding hydrogens is 374 g/mol. The molecule has 1 saturated heterocycles. The molecule has 7 nitrogen and oxygen atoms in total. The minimum absolute atomic E-state index is 0.744. The number of hydrogen-bond donors (Lipinski definition) is 1. The third-order valence-electron chi connectivity index (χ3n) is 5.58. The Balaban J connectivity index is 1.42. The first-order valence-corrected chi connectivity index (χ1v) is 10.3. The monoisotopic (exact) mass is 399 g/mol. The largest absolute Gasteiger partial charge is 0.368 e. The molecule has 152 valence electrons. The molecule has 1 aliphatic rings.